The number of halogens is 3. The molecule has 4 rings (SSSR count). The van der Waals surface area contributed by atoms with Crippen molar-refractivity contribution in [3.63, 3.8) is 0 Å². The summed E-state index contributed by atoms with van der Waals surface area (Å²) >= 11 is 5.64. The Morgan fingerprint density at radius 1 is 1.31 bits per heavy atom. The first-order valence-corrected chi connectivity index (χ1v) is 10.0. The Bertz CT molecular complexity index is 1040. The molecular weight excluding hydrogens is 400 g/mol. The van der Waals surface area contributed by atoms with Gasteiger partial charge in [0.2, 0.25) is 5.91 Å². The van der Waals surface area contributed by atoms with E-state index in [-0.39, 0.29) is 11.9 Å². The molecule has 1 unspecified atom stereocenters. The van der Waals surface area contributed by atoms with Gasteiger partial charge in [-0.15, -0.1) is 11.6 Å². The first-order chi connectivity index (χ1) is 14.1. The Hall–Kier alpha value is -2.74. The summed E-state index contributed by atoms with van der Waals surface area (Å²) in [5.74, 6) is -0.0122. The van der Waals surface area contributed by atoms with Crippen molar-refractivity contribution in [3.8, 4) is 0 Å². The van der Waals surface area contributed by atoms with Crippen LogP contribution >= 0.6 is 11.6 Å². The second-order valence-corrected chi connectivity index (χ2v) is 7.35. The van der Waals surface area contributed by atoms with Crippen LogP contribution in [0.4, 0.5) is 20.3 Å². The number of fused-ring (bicyclic) bond motifs is 1. The van der Waals surface area contributed by atoms with Gasteiger partial charge in [-0.1, -0.05) is 0 Å². The number of aromatic nitrogens is 3. The summed E-state index contributed by atoms with van der Waals surface area (Å²) in [6.45, 7) is 0.676. The fourth-order valence-electron chi connectivity index (χ4n) is 3.68. The van der Waals surface area contributed by atoms with E-state index in [4.69, 9.17) is 11.6 Å². The first-order valence-electron chi connectivity index (χ1n) is 9.48. The van der Waals surface area contributed by atoms with E-state index in [0.717, 1.165) is 18.6 Å². The van der Waals surface area contributed by atoms with Crippen molar-refractivity contribution in [1.29, 1.82) is 0 Å². The number of hydrogen-bond acceptors (Lipinski definition) is 4. The largest absolute Gasteiger partial charge is 0.349 e. The molecule has 0 saturated carbocycles. The second kappa shape index (κ2) is 8.32. The van der Waals surface area contributed by atoms with Crippen LogP contribution in [-0.4, -0.2) is 32.9 Å². The number of benzene rings is 1. The fourth-order valence-corrected chi connectivity index (χ4v) is 3.82. The highest BCUT2D eigenvalue weighted by Gasteiger charge is 2.30. The number of amides is 1. The van der Waals surface area contributed by atoms with Gasteiger partial charge in [-0.05, 0) is 43.5 Å². The molecule has 1 atom stereocenters. The van der Waals surface area contributed by atoms with Crippen molar-refractivity contribution < 1.29 is 13.6 Å². The van der Waals surface area contributed by atoms with Gasteiger partial charge >= 0.3 is 0 Å². The summed E-state index contributed by atoms with van der Waals surface area (Å²) in [6.07, 6.45) is 5.72. The SMILES string of the molecule is O=C(CCCCl)Nc1cnn2ccc(N3CCCC3c3cc(F)ccc3F)nc12. The van der Waals surface area contributed by atoms with Gasteiger partial charge in [0.1, 0.15) is 23.1 Å². The monoisotopic (exact) mass is 419 g/mol. The lowest BCUT2D eigenvalue weighted by Crippen LogP contribution is -2.24. The zero-order chi connectivity index (χ0) is 20.4. The number of anilines is 2. The number of alkyl halides is 1. The topological polar surface area (TPSA) is 62.5 Å². The molecule has 3 aromatic rings. The molecule has 1 amide bonds. The van der Waals surface area contributed by atoms with E-state index in [1.54, 1.807) is 23.0 Å². The second-order valence-electron chi connectivity index (χ2n) is 6.97. The molecule has 1 saturated heterocycles. The summed E-state index contributed by atoms with van der Waals surface area (Å²) in [5, 5.41) is 7.01. The predicted octanol–water partition coefficient (Wildman–Crippen LogP) is 4.31. The van der Waals surface area contributed by atoms with Gasteiger partial charge in [0, 0.05) is 30.6 Å². The molecular formula is C20H20ClF2N5O. The number of carbonyl (C=O) groups excluding carboxylic acids is 1. The van der Waals surface area contributed by atoms with Gasteiger partial charge in [0.05, 0.1) is 12.2 Å². The summed E-state index contributed by atoms with van der Waals surface area (Å²) in [6, 6.07) is 5.01. The number of hydrogen-bond donors (Lipinski definition) is 1. The summed E-state index contributed by atoms with van der Waals surface area (Å²) < 4.78 is 29.6. The van der Waals surface area contributed by atoms with Gasteiger partial charge in [0.25, 0.3) is 0 Å². The van der Waals surface area contributed by atoms with E-state index in [9.17, 15) is 13.6 Å². The van der Waals surface area contributed by atoms with Gasteiger partial charge in [-0.2, -0.15) is 5.10 Å². The zero-order valence-corrected chi connectivity index (χ0v) is 16.4. The molecule has 1 aliphatic rings. The van der Waals surface area contributed by atoms with Crippen LogP contribution in [0.2, 0.25) is 0 Å². The van der Waals surface area contributed by atoms with Gasteiger partial charge in [-0.3, -0.25) is 4.79 Å². The Labute approximate surface area is 171 Å². The molecule has 1 N–H and O–H groups in total. The molecule has 0 aliphatic carbocycles. The molecule has 2 aromatic heterocycles. The fraction of sp³-hybridized carbons (Fsp3) is 0.350. The lowest BCUT2D eigenvalue weighted by molar-refractivity contribution is -0.116. The van der Waals surface area contributed by atoms with E-state index < -0.39 is 11.6 Å². The van der Waals surface area contributed by atoms with E-state index in [1.807, 2.05) is 4.90 Å². The number of nitrogens with one attached hydrogen (secondary N) is 1. The number of nitrogens with zero attached hydrogens (tertiary/aromatic N) is 4. The van der Waals surface area contributed by atoms with Gasteiger partial charge in [-0.25, -0.2) is 18.3 Å². The van der Waals surface area contributed by atoms with Crippen LogP contribution in [0.3, 0.4) is 0 Å². The van der Waals surface area contributed by atoms with Gasteiger partial charge in [0.15, 0.2) is 5.65 Å². The van der Waals surface area contributed by atoms with Crippen LogP contribution in [0.5, 0.6) is 0 Å². The van der Waals surface area contributed by atoms with Crippen molar-refractivity contribution in [3.05, 3.63) is 53.9 Å². The lowest BCUT2D eigenvalue weighted by Gasteiger charge is -2.26. The van der Waals surface area contributed by atoms with Crippen LogP contribution in [0, 0.1) is 11.6 Å². The van der Waals surface area contributed by atoms with Crippen molar-refractivity contribution in [2.45, 2.75) is 31.7 Å². The maximum Gasteiger partial charge on any atom is 0.224 e. The summed E-state index contributed by atoms with van der Waals surface area (Å²) in [5.41, 5.74) is 1.32. The average molecular weight is 420 g/mol. The smallest absolute Gasteiger partial charge is 0.224 e. The minimum absolute atomic E-state index is 0.159. The molecule has 0 radical (unpaired) electrons. The minimum atomic E-state index is -0.464. The van der Waals surface area contributed by atoms with Crippen LogP contribution in [0.25, 0.3) is 5.65 Å². The molecule has 0 bridgehead atoms. The number of rotatable bonds is 6. The van der Waals surface area contributed by atoms with Crippen molar-refractivity contribution in [2.24, 2.45) is 0 Å². The van der Waals surface area contributed by atoms with E-state index in [0.29, 0.717) is 54.4 Å². The summed E-state index contributed by atoms with van der Waals surface area (Å²) in [7, 11) is 0. The normalized spacial score (nSPS) is 16.5. The van der Waals surface area contributed by atoms with Crippen LogP contribution in [0.15, 0.2) is 36.7 Å². The zero-order valence-electron chi connectivity index (χ0n) is 15.6. The molecule has 3 heterocycles. The minimum Gasteiger partial charge on any atom is -0.349 e. The van der Waals surface area contributed by atoms with E-state index in [1.165, 1.54) is 6.07 Å². The first kappa shape index (κ1) is 19.6. The maximum absolute atomic E-state index is 14.3. The molecule has 9 heteroatoms. The third-order valence-corrected chi connectivity index (χ3v) is 5.30. The molecule has 1 aliphatic heterocycles. The number of carbonyl (C=O) groups is 1. The van der Waals surface area contributed by atoms with Crippen molar-refractivity contribution in [2.75, 3.05) is 22.6 Å². The molecule has 1 aromatic carbocycles. The lowest BCUT2D eigenvalue weighted by atomic mass is 10.0. The Kier molecular flexibility index (Phi) is 5.62. The third kappa shape index (κ3) is 4.03. The highest BCUT2D eigenvalue weighted by atomic mass is 35.5. The third-order valence-electron chi connectivity index (χ3n) is 5.03. The molecule has 29 heavy (non-hydrogen) atoms. The standard InChI is InChI=1S/C20H20ClF2N5O/c21-8-1-4-19(29)25-16-12-24-28-10-7-18(26-20(16)28)27-9-2-3-17(27)14-11-13(22)5-6-15(14)23/h5-7,10-12,17H,1-4,8-9H2,(H,25,29). The van der Waals surface area contributed by atoms with Crippen molar-refractivity contribution in [1.82, 2.24) is 14.6 Å². The summed E-state index contributed by atoms with van der Waals surface area (Å²) in [4.78, 5) is 18.6. The van der Waals surface area contributed by atoms with E-state index in [2.05, 4.69) is 15.4 Å². The van der Waals surface area contributed by atoms with Crippen LogP contribution in [-0.2, 0) is 4.79 Å². The molecule has 1 fully saturated rings. The predicted molar refractivity (Wildman–Crippen MR) is 107 cm³/mol. The Balaban J connectivity index is 1.64. The Morgan fingerprint density at radius 3 is 3.00 bits per heavy atom. The molecule has 152 valence electrons. The highest BCUT2D eigenvalue weighted by molar-refractivity contribution is 6.18. The molecule has 0 spiro atoms. The van der Waals surface area contributed by atoms with Crippen LogP contribution in [0.1, 0.15) is 37.3 Å². The van der Waals surface area contributed by atoms with E-state index >= 15 is 0 Å². The Morgan fingerprint density at radius 2 is 2.17 bits per heavy atom. The van der Waals surface area contributed by atoms with Crippen molar-refractivity contribution >= 4 is 34.7 Å². The van der Waals surface area contributed by atoms with Crippen LogP contribution < -0.4 is 10.2 Å². The quantitative estimate of drug-likeness (QED) is 0.605. The maximum atomic E-state index is 14.3. The average Bonchev–Trinajstić information content (AvgIpc) is 3.35. The highest BCUT2D eigenvalue weighted by Crippen LogP contribution is 2.37. The van der Waals surface area contributed by atoms with Gasteiger partial charge < -0.3 is 10.2 Å². The molecule has 6 nitrogen and oxygen atoms in total.